The molecule has 0 spiro atoms. The Morgan fingerprint density at radius 1 is 1.56 bits per heavy atom. The van der Waals surface area contributed by atoms with Crippen LogP contribution in [-0.2, 0) is 4.74 Å². The monoisotopic (exact) mass is 228 g/mol. The van der Waals surface area contributed by atoms with Gasteiger partial charge in [-0.05, 0) is 0 Å². The van der Waals surface area contributed by atoms with Crippen LogP contribution in [0, 0.1) is 5.82 Å². The first-order chi connectivity index (χ1) is 7.63. The molecule has 0 aliphatic carbocycles. The van der Waals surface area contributed by atoms with Crippen LogP contribution in [0.25, 0.3) is 0 Å². The van der Waals surface area contributed by atoms with E-state index in [1.807, 2.05) is 0 Å². The van der Waals surface area contributed by atoms with Crippen LogP contribution >= 0.6 is 0 Å². The lowest BCUT2D eigenvalue weighted by atomic mass is 10.5. The highest BCUT2D eigenvalue weighted by Gasteiger charge is 2.06. The Kier molecular flexibility index (Phi) is 4.59. The molecule has 7 heteroatoms. The van der Waals surface area contributed by atoms with Crippen LogP contribution in [-0.4, -0.2) is 49.2 Å². The molecule has 0 saturated carbocycles. The predicted molar refractivity (Wildman–Crippen MR) is 56.3 cm³/mol. The van der Waals surface area contributed by atoms with Crippen LogP contribution in [0.4, 0.5) is 10.2 Å². The first-order valence-corrected chi connectivity index (χ1v) is 4.48. The van der Waals surface area contributed by atoms with Gasteiger partial charge in [0, 0.05) is 21.2 Å². The third-order valence-electron chi connectivity index (χ3n) is 1.42. The number of nitrogens with zero attached hydrogens (tertiary/aromatic N) is 4. The van der Waals surface area contributed by atoms with Gasteiger partial charge in [0.05, 0.1) is 12.5 Å². The number of aromatic nitrogens is 2. The molecule has 1 heterocycles. The highest BCUT2D eigenvalue weighted by Crippen LogP contribution is 2.15. The Hall–Kier alpha value is -1.76. The molecule has 0 saturated heterocycles. The second-order valence-corrected chi connectivity index (χ2v) is 3.08. The first kappa shape index (κ1) is 12.3. The molecule has 0 aliphatic heterocycles. The molecule has 1 rings (SSSR count). The van der Waals surface area contributed by atoms with Crippen molar-refractivity contribution < 1.29 is 13.9 Å². The molecule has 0 aromatic carbocycles. The Balaban J connectivity index is 2.81. The van der Waals surface area contributed by atoms with E-state index in [1.165, 1.54) is 13.4 Å². The summed E-state index contributed by atoms with van der Waals surface area (Å²) in [4.78, 5) is 12.9. The largest absolute Gasteiger partial charge is 0.436 e. The van der Waals surface area contributed by atoms with Crippen molar-refractivity contribution in [1.29, 1.82) is 0 Å². The molecule has 1 aromatic heterocycles. The minimum absolute atomic E-state index is 0.00245. The van der Waals surface area contributed by atoms with E-state index in [0.29, 0.717) is 0 Å². The van der Waals surface area contributed by atoms with Gasteiger partial charge in [-0.2, -0.15) is 4.98 Å². The van der Waals surface area contributed by atoms with E-state index in [9.17, 15) is 4.39 Å². The second kappa shape index (κ2) is 5.96. The number of aliphatic imine (C=N–C) groups is 1. The smallest absolute Gasteiger partial charge is 0.320 e. The van der Waals surface area contributed by atoms with Gasteiger partial charge < -0.3 is 14.4 Å². The summed E-state index contributed by atoms with van der Waals surface area (Å²) in [7, 11) is 5.00. The van der Waals surface area contributed by atoms with Gasteiger partial charge in [0.25, 0.3) is 0 Å². The molecule has 0 bridgehead atoms. The van der Waals surface area contributed by atoms with Crippen LogP contribution in [0.15, 0.2) is 11.2 Å². The van der Waals surface area contributed by atoms with Crippen molar-refractivity contribution in [2.45, 2.75) is 0 Å². The zero-order valence-corrected chi connectivity index (χ0v) is 9.35. The van der Waals surface area contributed by atoms with Gasteiger partial charge in [0.2, 0.25) is 0 Å². The van der Waals surface area contributed by atoms with E-state index in [1.54, 1.807) is 19.0 Å². The molecular formula is C9H13FN4O2. The topological polar surface area (TPSA) is 59.8 Å². The summed E-state index contributed by atoms with van der Waals surface area (Å²) >= 11 is 0. The van der Waals surface area contributed by atoms with E-state index in [0.717, 1.165) is 6.20 Å². The van der Waals surface area contributed by atoms with Crippen molar-refractivity contribution in [3.63, 3.8) is 0 Å². The molecular weight excluding hydrogens is 215 g/mol. The average molecular weight is 228 g/mol. The lowest BCUT2D eigenvalue weighted by Gasteiger charge is -2.04. The maximum absolute atomic E-state index is 13.2. The minimum atomic E-state index is -0.608. The molecule has 0 amide bonds. The van der Waals surface area contributed by atoms with Gasteiger partial charge in [-0.25, -0.2) is 14.4 Å². The summed E-state index contributed by atoms with van der Waals surface area (Å²) in [5.41, 5.74) is 0. The zero-order chi connectivity index (χ0) is 12.0. The normalized spacial score (nSPS) is 10.8. The van der Waals surface area contributed by atoms with Gasteiger partial charge in [-0.1, -0.05) is 0 Å². The van der Waals surface area contributed by atoms with Crippen molar-refractivity contribution in [3.05, 3.63) is 12.0 Å². The van der Waals surface area contributed by atoms with E-state index >= 15 is 0 Å². The van der Waals surface area contributed by atoms with E-state index in [2.05, 4.69) is 19.7 Å². The maximum atomic E-state index is 13.2. The predicted octanol–water partition coefficient (Wildman–Crippen LogP) is 0.820. The van der Waals surface area contributed by atoms with Crippen LogP contribution in [0.3, 0.4) is 0 Å². The summed E-state index contributed by atoms with van der Waals surface area (Å²) < 4.78 is 22.8. The standard InChI is InChI=1S/C9H13FN4O2/c1-14(2)5-12-8-7(10)4-11-9(13-8)16-6-15-3/h4-5H,6H2,1-3H3/b12-5+. The Bertz CT molecular complexity index is 371. The average Bonchev–Trinajstić information content (AvgIpc) is 2.26. The van der Waals surface area contributed by atoms with Crippen molar-refractivity contribution in [2.75, 3.05) is 28.0 Å². The second-order valence-electron chi connectivity index (χ2n) is 3.08. The third-order valence-corrected chi connectivity index (χ3v) is 1.42. The maximum Gasteiger partial charge on any atom is 0.320 e. The van der Waals surface area contributed by atoms with Gasteiger partial charge >= 0.3 is 6.01 Å². The number of hydrogen-bond acceptors (Lipinski definition) is 5. The lowest BCUT2D eigenvalue weighted by molar-refractivity contribution is 0.0442. The molecule has 0 fully saturated rings. The molecule has 6 nitrogen and oxygen atoms in total. The molecule has 0 radical (unpaired) electrons. The number of hydrogen-bond donors (Lipinski definition) is 0. The highest BCUT2D eigenvalue weighted by atomic mass is 19.1. The van der Waals surface area contributed by atoms with E-state index in [-0.39, 0.29) is 18.6 Å². The Morgan fingerprint density at radius 3 is 2.94 bits per heavy atom. The number of halogens is 1. The third kappa shape index (κ3) is 3.77. The van der Waals surface area contributed by atoms with E-state index < -0.39 is 5.82 Å². The first-order valence-electron chi connectivity index (χ1n) is 4.48. The van der Waals surface area contributed by atoms with Gasteiger partial charge in [0.1, 0.15) is 0 Å². The van der Waals surface area contributed by atoms with Gasteiger partial charge in [0.15, 0.2) is 18.4 Å². The molecule has 0 N–H and O–H groups in total. The fourth-order valence-corrected chi connectivity index (χ4v) is 0.784. The highest BCUT2D eigenvalue weighted by molar-refractivity contribution is 5.59. The van der Waals surface area contributed by atoms with Crippen molar-refractivity contribution in [3.8, 4) is 6.01 Å². The van der Waals surface area contributed by atoms with Crippen molar-refractivity contribution >= 4 is 12.2 Å². The number of rotatable bonds is 5. The number of methoxy groups -OCH3 is 1. The van der Waals surface area contributed by atoms with Gasteiger partial charge in [-0.3, -0.25) is 0 Å². The molecule has 0 aliphatic rings. The lowest BCUT2D eigenvalue weighted by Crippen LogP contribution is -2.08. The Morgan fingerprint density at radius 2 is 2.31 bits per heavy atom. The molecule has 1 aromatic rings. The van der Waals surface area contributed by atoms with Crippen LogP contribution in [0.5, 0.6) is 6.01 Å². The van der Waals surface area contributed by atoms with Crippen LogP contribution in [0.2, 0.25) is 0 Å². The quantitative estimate of drug-likeness (QED) is 0.424. The SMILES string of the molecule is COCOc1ncc(F)c(/N=C/N(C)C)n1. The summed E-state index contributed by atoms with van der Waals surface area (Å²) in [5.74, 6) is -0.683. The molecule has 0 unspecified atom stereocenters. The fourth-order valence-electron chi connectivity index (χ4n) is 0.784. The summed E-state index contributed by atoms with van der Waals surface area (Å²) in [5, 5.41) is 0. The molecule has 88 valence electrons. The van der Waals surface area contributed by atoms with Crippen molar-refractivity contribution in [1.82, 2.24) is 14.9 Å². The number of ether oxygens (including phenoxy) is 2. The zero-order valence-electron chi connectivity index (χ0n) is 9.35. The summed E-state index contributed by atoms with van der Waals surface area (Å²) in [6.45, 7) is 0.00245. The molecule has 16 heavy (non-hydrogen) atoms. The van der Waals surface area contributed by atoms with Crippen molar-refractivity contribution in [2.24, 2.45) is 4.99 Å². The van der Waals surface area contributed by atoms with Crippen LogP contribution < -0.4 is 4.74 Å². The Labute approximate surface area is 92.7 Å². The minimum Gasteiger partial charge on any atom is -0.436 e. The van der Waals surface area contributed by atoms with Crippen LogP contribution in [0.1, 0.15) is 0 Å². The fraction of sp³-hybridized carbons (Fsp3) is 0.444. The van der Waals surface area contributed by atoms with Gasteiger partial charge in [-0.15, -0.1) is 0 Å². The molecule has 0 atom stereocenters. The summed E-state index contributed by atoms with van der Waals surface area (Å²) in [6.07, 6.45) is 2.44. The van der Waals surface area contributed by atoms with E-state index in [4.69, 9.17) is 4.74 Å². The summed E-state index contributed by atoms with van der Waals surface area (Å²) in [6, 6.07) is 0.0224.